The summed E-state index contributed by atoms with van der Waals surface area (Å²) in [6, 6.07) is 20.0. The van der Waals surface area contributed by atoms with E-state index in [1.165, 1.54) is 11.1 Å². The fraction of sp³-hybridized carbons (Fsp3) is 0.438. The van der Waals surface area contributed by atoms with Gasteiger partial charge in [-0.1, -0.05) is 55.8 Å². The fourth-order valence-electron chi connectivity index (χ4n) is 6.74. The van der Waals surface area contributed by atoms with Gasteiger partial charge in [0.2, 0.25) is 0 Å². The van der Waals surface area contributed by atoms with Crippen molar-refractivity contribution >= 4 is 23.3 Å². The molecule has 2 aromatic carbocycles. The summed E-state index contributed by atoms with van der Waals surface area (Å²) in [7, 11) is 0. The number of carboxylic acid groups (broad SMARTS) is 1. The number of aromatic nitrogens is 1. The van der Waals surface area contributed by atoms with Gasteiger partial charge in [-0.15, -0.1) is 0 Å². The Bertz CT molecular complexity index is 1250. The van der Waals surface area contributed by atoms with Crippen LogP contribution >= 0.6 is 11.6 Å². The van der Waals surface area contributed by atoms with Crippen LogP contribution in [0.4, 0.5) is 5.69 Å². The van der Waals surface area contributed by atoms with E-state index in [9.17, 15) is 9.90 Å². The van der Waals surface area contributed by atoms with Gasteiger partial charge >= 0.3 is 5.97 Å². The molecule has 0 radical (unpaired) electrons. The first-order chi connectivity index (χ1) is 18.3. The summed E-state index contributed by atoms with van der Waals surface area (Å²) < 4.78 is 6.19. The molecule has 2 N–H and O–H groups in total. The van der Waals surface area contributed by atoms with Gasteiger partial charge in [0.25, 0.3) is 0 Å². The molecule has 2 aliphatic rings. The highest BCUT2D eigenvalue weighted by atomic mass is 35.5. The molecule has 1 spiro atoms. The normalized spacial score (nSPS) is 25.2. The van der Waals surface area contributed by atoms with Crippen molar-refractivity contribution in [3.8, 4) is 5.75 Å². The minimum atomic E-state index is -1.00. The van der Waals surface area contributed by atoms with Crippen LogP contribution in [0.15, 0.2) is 73.1 Å². The number of halogens is 1. The second-order valence-electron chi connectivity index (χ2n) is 11.5. The van der Waals surface area contributed by atoms with Gasteiger partial charge in [-0.05, 0) is 103 Å². The topological polar surface area (TPSA) is 71.5 Å². The number of benzene rings is 2. The highest BCUT2D eigenvalue weighted by Gasteiger charge is 2.54. The van der Waals surface area contributed by atoms with Gasteiger partial charge in [-0.25, -0.2) is 4.79 Å². The molecule has 200 valence electrons. The number of pyridine rings is 1. The van der Waals surface area contributed by atoms with Crippen LogP contribution < -0.4 is 10.1 Å². The molecule has 6 heteroatoms. The second kappa shape index (κ2) is 11.0. The zero-order valence-corrected chi connectivity index (χ0v) is 23.0. The van der Waals surface area contributed by atoms with Crippen LogP contribution in [0.2, 0.25) is 5.02 Å². The Morgan fingerprint density at radius 3 is 2.50 bits per heavy atom. The van der Waals surface area contributed by atoms with Crippen LogP contribution in [-0.4, -0.2) is 28.2 Å². The number of fused-ring (bicyclic) bond motifs is 2. The summed E-state index contributed by atoms with van der Waals surface area (Å²) in [6.45, 7) is 5.22. The van der Waals surface area contributed by atoms with Crippen LogP contribution in [0, 0.1) is 17.8 Å². The van der Waals surface area contributed by atoms with Crippen molar-refractivity contribution < 1.29 is 14.6 Å². The Kier molecular flexibility index (Phi) is 7.67. The molecule has 1 fully saturated rings. The quantitative estimate of drug-likeness (QED) is 0.300. The molecule has 1 aromatic heterocycles. The van der Waals surface area contributed by atoms with Crippen molar-refractivity contribution in [1.82, 2.24) is 4.98 Å². The zero-order valence-electron chi connectivity index (χ0n) is 22.2. The van der Waals surface area contributed by atoms with E-state index < -0.39 is 11.5 Å². The molecule has 2 atom stereocenters. The highest BCUT2D eigenvalue weighted by Crippen LogP contribution is 2.56. The summed E-state index contributed by atoms with van der Waals surface area (Å²) in [5.41, 5.74) is 2.58. The van der Waals surface area contributed by atoms with Crippen LogP contribution in [0.25, 0.3) is 0 Å². The van der Waals surface area contributed by atoms with Gasteiger partial charge in [-0.3, -0.25) is 4.98 Å². The number of aliphatic carboxylic acids is 1. The van der Waals surface area contributed by atoms with Crippen molar-refractivity contribution in [3.05, 3.63) is 89.2 Å². The van der Waals surface area contributed by atoms with E-state index in [1.54, 1.807) is 24.5 Å². The molecule has 1 heterocycles. The molecule has 0 bridgehead atoms. The zero-order chi connectivity index (χ0) is 26.8. The van der Waals surface area contributed by atoms with Gasteiger partial charge in [0.05, 0.1) is 6.61 Å². The molecular formula is C32H37ClN2O3. The van der Waals surface area contributed by atoms with E-state index in [2.05, 4.69) is 48.4 Å². The van der Waals surface area contributed by atoms with Gasteiger partial charge in [0.15, 0.2) is 0 Å². The molecule has 0 amide bonds. The Morgan fingerprint density at radius 1 is 1.08 bits per heavy atom. The van der Waals surface area contributed by atoms with Crippen LogP contribution in [-0.2, 0) is 16.6 Å². The lowest BCUT2D eigenvalue weighted by Gasteiger charge is -2.47. The van der Waals surface area contributed by atoms with Crippen LogP contribution in [0.5, 0.6) is 5.75 Å². The Balaban J connectivity index is 1.38. The molecular weight excluding hydrogens is 496 g/mol. The number of anilines is 1. The second-order valence-corrected chi connectivity index (χ2v) is 11.9. The third kappa shape index (κ3) is 5.26. The van der Waals surface area contributed by atoms with E-state index in [0.29, 0.717) is 42.2 Å². The summed E-state index contributed by atoms with van der Waals surface area (Å²) in [4.78, 5) is 16.8. The molecule has 38 heavy (non-hydrogen) atoms. The molecule has 3 aromatic rings. The molecule has 5 nitrogen and oxygen atoms in total. The van der Waals surface area contributed by atoms with Crippen molar-refractivity contribution in [2.75, 3.05) is 11.9 Å². The smallest absolute Gasteiger partial charge is 0.329 e. The van der Waals surface area contributed by atoms with Crippen molar-refractivity contribution in [1.29, 1.82) is 0 Å². The van der Waals surface area contributed by atoms with Crippen molar-refractivity contribution in [3.63, 3.8) is 0 Å². The average molecular weight is 533 g/mol. The largest absolute Gasteiger partial charge is 0.493 e. The summed E-state index contributed by atoms with van der Waals surface area (Å²) in [5.74, 6) is 1.39. The van der Waals surface area contributed by atoms with E-state index in [4.69, 9.17) is 16.3 Å². The number of ether oxygens (including phenoxy) is 1. The van der Waals surface area contributed by atoms with Gasteiger partial charge in [-0.2, -0.15) is 0 Å². The first-order valence-electron chi connectivity index (χ1n) is 13.7. The molecule has 1 saturated carbocycles. The van der Waals surface area contributed by atoms with Crippen LogP contribution in [0.3, 0.4) is 0 Å². The highest BCUT2D eigenvalue weighted by molar-refractivity contribution is 6.30. The van der Waals surface area contributed by atoms with E-state index in [0.717, 1.165) is 37.1 Å². The SMILES string of the molecule is CC(C)C(COc1ccncc1)CC1Cc2ccccc2C12CCC(Nc1cccc(Cl)c1)(C(=O)O)CC2. The molecule has 0 saturated heterocycles. The third-order valence-electron chi connectivity index (χ3n) is 9.06. The lowest BCUT2D eigenvalue weighted by molar-refractivity contribution is -0.144. The maximum absolute atomic E-state index is 12.7. The first kappa shape index (κ1) is 26.6. The number of nitrogens with one attached hydrogen (secondary N) is 1. The number of carbonyl (C=O) groups is 1. The Hall–Kier alpha value is -3.05. The number of carboxylic acids is 1. The lowest BCUT2D eigenvalue weighted by atomic mass is 9.59. The van der Waals surface area contributed by atoms with Gasteiger partial charge < -0.3 is 15.2 Å². The third-order valence-corrected chi connectivity index (χ3v) is 9.29. The van der Waals surface area contributed by atoms with Crippen LogP contribution in [0.1, 0.15) is 57.1 Å². The summed E-state index contributed by atoms with van der Waals surface area (Å²) in [6.07, 6.45) is 8.43. The Morgan fingerprint density at radius 2 is 1.82 bits per heavy atom. The van der Waals surface area contributed by atoms with E-state index in [-0.39, 0.29) is 5.41 Å². The summed E-state index contributed by atoms with van der Waals surface area (Å²) in [5, 5.41) is 14.4. The number of rotatable bonds is 9. The number of hydrogen-bond acceptors (Lipinski definition) is 4. The van der Waals surface area contributed by atoms with Gasteiger partial charge in [0, 0.05) is 23.1 Å². The molecule has 5 rings (SSSR count). The molecule has 2 unspecified atom stereocenters. The first-order valence-corrected chi connectivity index (χ1v) is 14.1. The Labute approximate surface area is 230 Å². The van der Waals surface area contributed by atoms with Gasteiger partial charge in [0.1, 0.15) is 11.3 Å². The predicted octanol–water partition coefficient (Wildman–Crippen LogP) is 7.40. The maximum atomic E-state index is 12.7. The predicted molar refractivity (Wildman–Crippen MR) is 152 cm³/mol. The maximum Gasteiger partial charge on any atom is 0.329 e. The molecule has 2 aliphatic carbocycles. The van der Waals surface area contributed by atoms with E-state index >= 15 is 0 Å². The number of hydrogen-bond donors (Lipinski definition) is 2. The number of nitrogens with zero attached hydrogens (tertiary/aromatic N) is 1. The van der Waals surface area contributed by atoms with Crippen molar-refractivity contribution in [2.45, 2.75) is 63.3 Å². The molecule has 0 aliphatic heterocycles. The minimum absolute atomic E-state index is 0.0185. The fourth-order valence-corrected chi connectivity index (χ4v) is 6.94. The minimum Gasteiger partial charge on any atom is -0.493 e. The average Bonchev–Trinajstić information content (AvgIpc) is 3.21. The lowest BCUT2D eigenvalue weighted by Crippen LogP contribution is -2.53. The summed E-state index contributed by atoms with van der Waals surface area (Å²) >= 11 is 6.20. The van der Waals surface area contributed by atoms with Crippen molar-refractivity contribution in [2.24, 2.45) is 17.8 Å². The standard InChI is InChI=1S/C32H37ClN2O3/c1-22(2)24(21-38-28-10-16-34-17-11-28)19-25-18-23-6-3-4-9-29(23)31(25)12-14-32(15-13-31,30(36)37)35-27-8-5-7-26(33)20-27/h3-11,16-17,20,22,24-25,35H,12-15,18-19,21H2,1-2H3,(H,36,37). The van der Waals surface area contributed by atoms with E-state index in [1.807, 2.05) is 24.3 Å². The monoisotopic (exact) mass is 532 g/mol.